The van der Waals surface area contributed by atoms with Crippen LogP contribution in [0.1, 0.15) is 0 Å². The SMILES string of the molecule is c1ccc(-c2cc3c(ccc4c3oc3cccc(-c5c6ccccc6c(-c6ccccc6)c6ccccc56)c34)s2)cc1. The van der Waals surface area contributed by atoms with Crippen LogP contribution in [0.4, 0.5) is 0 Å². The van der Waals surface area contributed by atoms with Gasteiger partial charge in [0.2, 0.25) is 0 Å². The Kier molecular flexibility index (Phi) is 5.13. The molecule has 0 saturated heterocycles. The van der Waals surface area contributed by atoms with Crippen LogP contribution in [0, 0.1) is 0 Å². The average molecular weight is 553 g/mol. The zero-order valence-electron chi connectivity index (χ0n) is 22.7. The van der Waals surface area contributed by atoms with Crippen LogP contribution in [0.2, 0.25) is 0 Å². The highest BCUT2D eigenvalue weighted by molar-refractivity contribution is 7.22. The minimum Gasteiger partial charge on any atom is -0.455 e. The van der Waals surface area contributed by atoms with Gasteiger partial charge in [0.1, 0.15) is 11.2 Å². The molecule has 1 nitrogen and oxygen atoms in total. The third kappa shape index (κ3) is 3.43. The van der Waals surface area contributed by atoms with Gasteiger partial charge in [0.15, 0.2) is 0 Å². The Hall–Kier alpha value is -5.18. The molecule has 7 aromatic carbocycles. The van der Waals surface area contributed by atoms with Crippen LogP contribution in [0.25, 0.3) is 86.3 Å². The van der Waals surface area contributed by atoms with Crippen LogP contribution in [-0.2, 0) is 0 Å². The number of furan rings is 1. The second-order valence-electron chi connectivity index (χ2n) is 10.8. The Morgan fingerprint density at radius 1 is 0.429 bits per heavy atom. The van der Waals surface area contributed by atoms with Gasteiger partial charge >= 0.3 is 0 Å². The molecule has 0 fully saturated rings. The van der Waals surface area contributed by atoms with E-state index in [2.05, 4.69) is 146 Å². The highest BCUT2D eigenvalue weighted by Gasteiger charge is 2.21. The standard InChI is InChI=1S/C40H24OS/c1-3-12-25(13-4-1)36-24-33-35(42-36)23-22-32-39-31(20-11-21-34(39)41-40(32)33)38-29-18-9-7-16-27(29)37(26-14-5-2-6-15-26)28-17-8-10-19-30(28)38/h1-24H. The molecular weight excluding hydrogens is 529 g/mol. The van der Waals surface area contributed by atoms with E-state index in [1.807, 2.05) is 11.3 Å². The van der Waals surface area contributed by atoms with E-state index in [0.717, 1.165) is 16.6 Å². The zero-order valence-corrected chi connectivity index (χ0v) is 23.5. The Morgan fingerprint density at radius 3 is 1.69 bits per heavy atom. The molecule has 0 radical (unpaired) electrons. The molecule has 0 unspecified atom stereocenters. The lowest BCUT2D eigenvalue weighted by atomic mass is 9.85. The summed E-state index contributed by atoms with van der Waals surface area (Å²) in [7, 11) is 0. The van der Waals surface area contributed by atoms with E-state index in [4.69, 9.17) is 4.42 Å². The van der Waals surface area contributed by atoms with Crippen LogP contribution in [0.3, 0.4) is 0 Å². The summed E-state index contributed by atoms with van der Waals surface area (Å²) in [5, 5.41) is 8.52. The van der Waals surface area contributed by atoms with Gasteiger partial charge in [0.05, 0.1) is 0 Å². The van der Waals surface area contributed by atoms with Gasteiger partial charge in [0.25, 0.3) is 0 Å². The van der Waals surface area contributed by atoms with Crippen LogP contribution < -0.4 is 0 Å². The first-order valence-electron chi connectivity index (χ1n) is 14.3. The maximum Gasteiger partial charge on any atom is 0.144 e. The second kappa shape index (κ2) is 9.17. The fraction of sp³-hybridized carbons (Fsp3) is 0. The lowest BCUT2D eigenvalue weighted by Gasteiger charge is -2.18. The molecule has 9 aromatic rings. The highest BCUT2D eigenvalue weighted by Crippen LogP contribution is 2.48. The van der Waals surface area contributed by atoms with Crippen molar-refractivity contribution in [2.45, 2.75) is 0 Å². The number of hydrogen-bond acceptors (Lipinski definition) is 2. The van der Waals surface area contributed by atoms with Crippen LogP contribution in [-0.4, -0.2) is 0 Å². The molecule has 0 amide bonds. The third-order valence-corrected chi connectivity index (χ3v) is 9.63. The van der Waals surface area contributed by atoms with Gasteiger partial charge in [-0.25, -0.2) is 0 Å². The zero-order chi connectivity index (χ0) is 27.6. The fourth-order valence-corrected chi connectivity index (χ4v) is 7.75. The molecule has 196 valence electrons. The number of hydrogen-bond donors (Lipinski definition) is 0. The van der Waals surface area contributed by atoms with E-state index in [1.165, 1.54) is 69.7 Å². The first-order valence-corrected chi connectivity index (χ1v) is 15.1. The summed E-state index contributed by atoms with van der Waals surface area (Å²) >= 11 is 1.82. The highest BCUT2D eigenvalue weighted by atomic mass is 32.1. The molecule has 0 saturated carbocycles. The number of thiophene rings is 1. The molecular formula is C40H24OS. The first-order chi connectivity index (χ1) is 20.8. The van der Waals surface area contributed by atoms with Crippen molar-refractivity contribution in [1.29, 1.82) is 0 Å². The summed E-state index contributed by atoms with van der Waals surface area (Å²) in [6, 6.07) is 52.4. The van der Waals surface area contributed by atoms with Crippen molar-refractivity contribution in [3.8, 4) is 32.7 Å². The molecule has 2 aromatic heterocycles. The summed E-state index contributed by atoms with van der Waals surface area (Å²) < 4.78 is 7.94. The molecule has 0 bridgehead atoms. The normalized spacial score (nSPS) is 11.8. The first kappa shape index (κ1) is 23.5. The molecule has 9 rings (SSSR count). The predicted octanol–water partition coefficient (Wildman–Crippen LogP) is 12.1. The number of fused-ring (bicyclic) bond motifs is 7. The Morgan fingerprint density at radius 2 is 1.02 bits per heavy atom. The van der Waals surface area contributed by atoms with Crippen molar-refractivity contribution >= 4 is 64.9 Å². The maximum absolute atomic E-state index is 6.70. The lowest BCUT2D eigenvalue weighted by Crippen LogP contribution is -1.91. The molecule has 42 heavy (non-hydrogen) atoms. The van der Waals surface area contributed by atoms with E-state index in [-0.39, 0.29) is 0 Å². The predicted molar refractivity (Wildman–Crippen MR) is 180 cm³/mol. The Labute approximate surface area is 246 Å². The largest absolute Gasteiger partial charge is 0.455 e. The van der Waals surface area contributed by atoms with Gasteiger partial charge in [0, 0.05) is 25.7 Å². The monoisotopic (exact) mass is 552 g/mol. The Balaban J connectivity index is 1.39. The molecule has 0 aliphatic carbocycles. The van der Waals surface area contributed by atoms with Gasteiger partial charge in [-0.1, -0.05) is 121 Å². The molecule has 0 spiro atoms. The van der Waals surface area contributed by atoms with Crippen molar-refractivity contribution in [3.63, 3.8) is 0 Å². The van der Waals surface area contributed by atoms with Crippen LogP contribution in [0.15, 0.2) is 150 Å². The summed E-state index contributed by atoms with van der Waals surface area (Å²) in [6.45, 7) is 0. The summed E-state index contributed by atoms with van der Waals surface area (Å²) in [4.78, 5) is 1.26. The minimum atomic E-state index is 0.919. The van der Waals surface area contributed by atoms with E-state index < -0.39 is 0 Å². The van der Waals surface area contributed by atoms with Crippen molar-refractivity contribution in [2.75, 3.05) is 0 Å². The second-order valence-corrected chi connectivity index (χ2v) is 11.9. The molecule has 0 atom stereocenters. The van der Waals surface area contributed by atoms with Crippen LogP contribution in [0.5, 0.6) is 0 Å². The summed E-state index contributed by atoms with van der Waals surface area (Å²) in [5.41, 5.74) is 8.09. The van der Waals surface area contributed by atoms with Gasteiger partial charge in [-0.15, -0.1) is 11.3 Å². The molecule has 0 aliphatic rings. The quantitative estimate of drug-likeness (QED) is 0.199. The number of benzene rings is 7. The van der Waals surface area contributed by atoms with Crippen molar-refractivity contribution in [3.05, 3.63) is 146 Å². The third-order valence-electron chi connectivity index (χ3n) is 8.48. The van der Waals surface area contributed by atoms with Crippen molar-refractivity contribution in [1.82, 2.24) is 0 Å². The van der Waals surface area contributed by atoms with Gasteiger partial charge in [-0.05, 0) is 73.6 Å². The Bertz CT molecular complexity index is 2390. The van der Waals surface area contributed by atoms with Gasteiger partial charge < -0.3 is 4.42 Å². The van der Waals surface area contributed by atoms with Crippen molar-refractivity contribution < 1.29 is 4.42 Å². The van der Waals surface area contributed by atoms with Crippen molar-refractivity contribution in [2.24, 2.45) is 0 Å². The lowest BCUT2D eigenvalue weighted by molar-refractivity contribution is 0.673. The summed E-state index contributed by atoms with van der Waals surface area (Å²) in [5.74, 6) is 0. The van der Waals surface area contributed by atoms with E-state index in [9.17, 15) is 0 Å². The molecule has 2 heterocycles. The smallest absolute Gasteiger partial charge is 0.144 e. The molecule has 2 heteroatoms. The van der Waals surface area contributed by atoms with E-state index in [0.29, 0.717) is 0 Å². The number of rotatable bonds is 3. The van der Waals surface area contributed by atoms with E-state index in [1.54, 1.807) is 0 Å². The fourth-order valence-electron chi connectivity index (χ4n) is 6.68. The molecule has 0 aliphatic heterocycles. The summed E-state index contributed by atoms with van der Waals surface area (Å²) in [6.07, 6.45) is 0. The van der Waals surface area contributed by atoms with Crippen LogP contribution >= 0.6 is 11.3 Å². The average Bonchev–Trinajstić information content (AvgIpc) is 3.66. The maximum atomic E-state index is 6.70. The van der Waals surface area contributed by atoms with E-state index >= 15 is 0 Å². The minimum absolute atomic E-state index is 0.919. The van der Waals surface area contributed by atoms with Gasteiger partial charge in [-0.2, -0.15) is 0 Å². The van der Waals surface area contributed by atoms with Gasteiger partial charge in [-0.3, -0.25) is 0 Å². The molecule has 0 N–H and O–H groups in total. The topological polar surface area (TPSA) is 13.1 Å².